The second-order valence-corrected chi connectivity index (χ2v) is 3.86. The lowest BCUT2D eigenvalue weighted by Gasteiger charge is -1.98. The number of hydrogen-bond acceptors (Lipinski definition) is 1. The van der Waals surface area contributed by atoms with Crippen LogP contribution in [0.2, 0.25) is 0 Å². The molecule has 0 saturated heterocycles. The maximum absolute atomic E-state index is 4.36. The molecule has 0 aliphatic rings. The summed E-state index contributed by atoms with van der Waals surface area (Å²) in [7, 11) is 2.00. The molecule has 68 valence electrons. The van der Waals surface area contributed by atoms with Gasteiger partial charge in [0.1, 0.15) is 0 Å². The molecule has 0 aliphatic carbocycles. The van der Waals surface area contributed by atoms with Gasteiger partial charge in [0.2, 0.25) is 0 Å². The van der Waals surface area contributed by atoms with Crippen molar-refractivity contribution in [1.82, 2.24) is 9.78 Å². The highest BCUT2D eigenvalue weighted by Gasteiger charge is 2.07. The molecule has 12 heavy (non-hydrogen) atoms. The largest absolute Gasteiger partial charge is 0.272 e. The zero-order chi connectivity index (χ0) is 9.14. The molecule has 0 aromatic carbocycles. The van der Waals surface area contributed by atoms with Crippen LogP contribution in [0.25, 0.3) is 0 Å². The van der Waals surface area contributed by atoms with Gasteiger partial charge in [0.15, 0.2) is 0 Å². The Balaban J connectivity index is 2.82. The molecule has 0 spiro atoms. The Bertz CT molecular complexity index is 266. The van der Waals surface area contributed by atoms with E-state index in [0.717, 1.165) is 11.8 Å². The summed E-state index contributed by atoms with van der Waals surface area (Å²) < 4.78 is 1.96. The van der Waals surface area contributed by atoms with Crippen LogP contribution in [-0.2, 0) is 13.5 Å². The number of hydrogen-bond donors (Lipinski definition) is 0. The minimum atomic E-state index is 1.07. The molecule has 0 amide bonds. The fourth-order valence-electron chi connectivity index (χ4n) is 1.42. The molecule has 2 nitrogen and oxygen atoms in total. The first-order valence-corrected chi connectivity index (χ1v) is 5.34. The van der Waals surface area contributed by atoms with E-state index in [2.05, 4.69) is 34.9 Å². The molecule has 1 aromatic heterocycles. The number of aromatic nitrogens is 2. The van der Waals surface area contributed by atoms with Crippen molar-refractivity contribution in [3.8, 4) is 0 Å². The van der Waals surface area contributed by atoms with E-state index < -0.39 is 0 Å². The second-order valence-electron chi connectivity index (χ2n) is 3.07. The quantitative estimate of drug-likeness (QED) is 0.730. The van der Waals surface area contributed by atoms with E-state index in [0.29, 0.717) is 0 Å². The molecule has 0 saturated carbocycles. The molecule has 0 atom stereocenters. The van der Waals surface area contributed by atoms with Gasteiger partial charge in [-0.15, -0.1) is 0 Å². The van der Waals surface area contributed by atoms with Crippen LogP contribution in [0, 0.1) is 13.8 Å². The van der Waals surface area contributed by atoms with Crippen LogP contribution in [0.3, 0.4) is 0 Å². The maximum atomic E-state index is 4.36. The van der Waals surface area contributed by atoms with E-state index in [9.17, 15) is 0 Å². The average Bonchev–Trinajstić information content (AvgIpc) is 2.25. The van der Waals surface area contributed by atoms with Crippen LogP contribution in [0.1, 0.15) is 23.4 Å². The Morgan fingerprint density at radius 2 is 2.08 bits per heavy atom. The summed E-state index contributed by atoms with van der Waals surface area (Å²) in [5.41, 5.74) is 3.89. The topological polar surface area (TPSA) is 17.8 Å². The number of halogens is 1. The summed E-state index contributed by atoms with van der Waals surface area (Å²) >= 11 is 3.44. The summed E-state index contributed by atoms with van der Waals surface area (Å²) in [5, 5.41) is 5.44. The van der Waals surface area contributed by atoms with E-state index in [-0.39, 0.29) is 0 Å². The highest BCUT2D eigenvalue weighted by atomic mass is 79.9. The number of nitrogens with zero attached hydrogens (tertiary/aromatic N) is 2. The Kier molecular flexibility index (Phi) is 3.32. The first-order valence-electron chi connectivity index (χ1n) is 4.22. The summed E-state index contributed by atoms with van der Waals surface area (Å²) in [4.78, 5) is 0. The third-order valence-corrected chi connectivity index (χ3v) is 2.78. The fourth-order valence-corrected chi connectivity index (χ4v) is 1.70. The standard InChI is InChI=1S/C9H15BrN2/c1-7-9(5-4-6-10)8(2)12(3)11-7/h4-6H2,1-3H3. The lowest BCUT2D eigenvalue weighted by atomic mass is 10.1. The molecule has 0 aliphatic heterocycles. The van der Waals surface area contributed by atoms with Crippen LogP contribution in [0.15, 0.2) is 0 Å². The van der Waals surface area contributed by atoms with Gasteiger partial charge in [0, 0.05) is 18.1 Å². The van der Waals surface area contributed by atoms with Crippen LogP contribution in [-0.4, -0.2) is 15.1 Å². The third-order valence-electron chi connectivity index (χ3n) is 2.22. The van der Waals surface area contributed by atoms with Crippen molar-refractivity contribution in [1.29, 1.82) is 0 Å². The van der Waals surface area contributed by atoms with Gasteiger partial charge in [0.25, 0.3) is 0 Å². The minimum Gasteiger partial charge on any atom is -0.272 e. The van der Waals surface area contributed by atoms with Crippen molar-refractivity contribution in [3.05, 3.63) is 17.0 Å². The predicted molar refractivity (Wildman–Crippen MR) is 54.8 cm³/mol. The molecule has 1 rings (SSSR count). The van der Waals surface area contributed by atoms with E-state index in [4.69, 9.17) is 0 Å². The van der Waals surface area contributed by atoms with Gasteiger partial charge in [-0.3, -0.25) is 4.68 Å². The van der Waals surface area contributed by atoms with Crippen LogP contribution in [0.5, 0.6) is 0 Å². The van der Waals surface area contributed by atoms with Gasteiger partial charge >= 0.3 is 0 Å². The number of alkyl halides is 1. The molecule has 0 unspecified atom stereocenters. The van der Waals surface area contributed by atoms with E-state index in [1.54, 1.807) is 0 Å². The fraction of sp³-hybridized carbons (Fsp3) is 0.667. The highest BCUT2D eigenvalue weighted by molar-refractivity contribution is 9.09. The normalized spacial score (nSPS) is 10.7. The summed E-state index contributed by atoms with van der Waals surface area (Å²) in [5.74, 6) is 0. The molecule has 1 aromatic rings. The molecular formula is C9H15BrN2. The van der Waals surface area contributed by atoms with E-state index in [1.807, 2.05) is 11.7 Å². The SMILES string of the molecule is Cc1nn(C)c(C)c1CCCBr. The van der Waals surface area contributed by atoms with Crippen LogP contribution >= 0.6 is 15.9 Å². The molecule has 0 N–H and O–H groups in total. The van der Waals surface area contributed by atoms with Gasteiger partial charge in [0.05, 0.1) is 5.69 Å². The number of rotatable bonds is 3. The van der Waals surface area contributed by atoms with Crippen molar-refractivity contribution in [2.24, 2.45) is 7.05 Å². The Morgan fingerprint density at radius 3 is 2.50 bits per heavy atom. The lowest BCUT2D eigenvalue weighted by molar-refractivity contribution is 0.729. The predicted octanol–water partition coefficient (Wildman–Crippen LogP) is 2.36. The molecule has 1 heterocycles. The molecule has 0 radical (unpaired) electrons. The minimum absolute atomic E-state index is 1.07. The molecule has 0 bridgehead atoms. The Hall–Kier alpha value is -0.310. The van der Waals surface area contributed by atoms with Crippen LogP contribution < -0.4 is 0 Å². The van der Waals surface area contributed by atoms with Crippen molar-refractivity contribution >= 4 is 15.9 Å². The monoisotopic (exact) mass is 230 g/mol. The summed E-state index contributed by atoms with van der Waals surface area (Å²) in [6.07, 6.45) is 2.32. The first-order chi connectivity index (χ1) is 5.66. The van der Waals surface area contributed by atoms with Crippen molar-refractivity contribution in [2.75, 3.05) is 5.33 Å². The van der Waals surface area contributed by atoms with Gasteiger partial charge < -0.3 is 0 Å². The molecule has 0 fully saturated rings. The number of aryl methyl sites for hydroxylation is 2. The molecule has 3 heteroatoms. The Labute approximate surface area is 82.1 Å². The Morgan fingerprint density at radius 1 is 1.42 bits per heavy atom. The van der Waals surface area contributed by atoms with Gasteiger partial charge in [-0.25, -0.2) is 0 Å². The third kappa shape index (κ3) is 1.89. The summed E-state index contributed by atoms with van der Waals surface area (Å²) in [6, 6.07) is 0. The smallest absolute Gasteiger partial charge is 0.0628 e. The van der Waals surface area contributed by atoms with Crippen molar-refractivity contribution in [2.45, 2.75) is 26.7 Å². The second kappa shape index (κ2) is 4.08. The van der Waals surface area contributed by atoms with Crippen LogP contribution in [0.4, 0.5) is 0 Å². The summed E-state index contributed by atoms with van der Waals surface area (Å²) in [6.45, 7) is 4.21. The van der Waals surface area contributed by atoms with E-state index in [1.165, 1.54) is 23.4 Å². The van der Waals surface area contributed by atoms with Crippen molar-refractivity contribution < 1.29 is 0 Å². The van der Waals surface area contributed by atoms with Gasteiger partial charge in [-0.1, -0.05) is 15.9 Å². The maximum Gasteiger partial charge on any atom is 0.0628 e. The lowest BCUT2D eigenvalue weighted by Crippen LogP contribution is -1.94. The van der Waals surface area contributed by atoms with Gasteiger partial charge in [-0.05, 0) is 32.3 Å². The average molecular weight is 231 g/mol. The van der Waals surface area contributed by atoms with Gasteiger partial charge in [-0.2, -0.15) is 5.10 Å². The van der Waals surface area contributed by atoms with Crippen molar-refractivity contribution in [3.63, 3.8) is 0 Å². The van der Waals surface area contributed by atoms with E-state index >= 15 is 0 Å². The first kappa shape index (κ1) is 9.78. The highest BCUT2D eigenvalue weighted by Crippen LogP contribution is 2.14. The zero-order valence-corrected chi connectivity index (χ0v) is 9.48. The molecular weight excluding hydrogens is 216 g/mol. The zero-order valence-electron chi connectivity index (χ0n) is 7.89.